The van der Waals surface area contributed by atoms with Crippen LogP contribution in [0.4, 0.5) is 0 Å². The molecule has 0 aromatic rings. The molecule has 13 heavy (non-hydrogen) atoms. The van der Waals surface area contributed by atoms with Crippen molar-refractivity contribution in [3.63, 3.8) is 0 Å². The summed E-state index contributed by atoms with van der Waals surface area (Å²) in [5.41, 5.74) is 0. The Kier molecular flexibility index (Phi) is 2.67. The van der Waals surface area contributed by atoms with E-state index >= 15 is 0 Å². The normalized spacial score (nSPS) is 44.5. The van der Waals surface area contributed by atoms with Gasteiger partial charge in [-0.05, 0) is 42.4 Å². The molecular weight excluding hydrogens is 156 g/mol. The second kappa shape index (κ2) is 3.63. The molecule has 0 nitrogen and oxygen atoms in total. The predicted molar refractivity (Wildman–Crippen MR) is 57.6 cm³/mol. The minimum Gasteiger partial charge on any atom is -0.0654 e. The minimum absolute atomic E-state index is 1.03. The molecule has 0 heteroatoms. The zero-order valence-corrected chi connectivity index (χ0v) is 9.42. The highest BCUT2D eigenvalue weighted by Gasteiger charge is 2.56. The molecule has 0 aliphatic heterocycles. The van der Waals surface area contributed by atoms with Crippen LogP contribution in [0.25, 0.3) is 0 Å². The molecule has 0 aromatic carbocycles. The lowest BCUT2D eigenvalue weighted by Crippen LogP contribution is -2.06. The van der Waals surface area contributed by atoms with E-state index in [0.717, 1.165) is 29.6 Å². The average Bonchev–Trinajstić information content (AvgIpc) is 2.63. The smallest absolute Gasteiger partial charge is 0.0326 e. The Morgan fingerprint density at radius 1 is 1.15 bits per heavy atom. The third kappa shape index (κ3) is 1.65. The van der Waals surface area contributed by atoms with Crippen molar-refractivity contribution in [1.82, 2.24) is 0 Å². The molecule has 2 fully saturated rings. The van der Waals surface area contributed by atoms with Gasteiger partial charge in [-0.15, -0.1) is 0 Å². The summed E-state index contributed by atoms with van der Waals surface area (Å²) >= 11 is 0. The third-order valence-corrected chi connectivity index (χ3v) is 4.59. The van der Waals surface area contributed by atoms with Crippen molar-refractivity contribution >= 4 is 0 Å². The first-order chi connectivity index (χ1) is 6.27. The van der Waals surface area contributed by atoms with E-state index in [1.807, 2.05) is 0 Å². The van der Waals surface area contributed by atoms with Crippen molar-refractivity contribution in [2.24, 2.45) is 29.6 Å². The maximum absolute atomic E-state index is 2.48. The Hall–Kier alpha value is 0. The van der Waals surface area contributed by atoms with Crippen LogP contribution in [0.5, 0.6) is 0 Å². The van der Waals surface area contributed by atoms with Gasteiger partial charge in [-0.2, -0.15) is 0 Å². The highest BCUT2D eigenvalue weighted by Crippen LogP contribution is 2.63. The highest BCUT2D eigenvalue weighted by molar-refractivity contribution is 5.05. The first kappa shape index (κ1) is 9.55. The first-order valence-electron chi connectivity index (χ1n) is 6.27. The van der Waals surface area contributed by atoms with Gasteiger partial charge in [0.15, 0.2) is 0 Å². The Balaban J connectivity index is 1.78. The highest BCUT2D eigenvalue weighted by atomic mass is 14.6. The quantitative estimate of drug-likeness (QED) is 0.611. The molecule has 2 saturated carbocycles. The molecule has 0 N–H and O–H groups in total. The van der Waals surface area contributed by atoms with E-state index in [4.69, 9.17) is 0 Å². The van der Waals surface area contributed by atoms with Gasteiger partial charge in [0.25, 0.3) is 0 Å². The summed E-state index contributed by atoms with van der Waals surface area (Å²) in [6.45, 7) is 7.16. The van der Waals surface area contributed by atoms with Crippen molar-refractivity contribution in [3.05, 3.63) is 0 Å². The van der Waals surface area contributed by atoms with Gasteiger partial charge in [0.05, 0.1) is 0 Å². The Bertz CT molecular complexity index is 161. The average molecular weight is 180 g/mol. The summed E-state index contributed by atoms with van der Waals surface area (Å²) < 4.78 is 0. The molecule has 3 atom stereocenters. The molecule has 76 valence electrons. The maximum atomic E-state index is 2.48. The lowest BCUT2D eigenvalue weighted by atomic mass is 9.90. The Morgan fingerprint density at radius 3 is 2.23 bits per heavy atom. The predicted octanol–water partition coefficient (Wildman–Crippen LogP) is 4.10. The van der Waals surface area contributed by atoms with Crippen molar-refractivity contribution in [3.8, 4) is 0 Å². The number of hydrogen-bond acceptors (Lipinski definition) is 0. The van der Waals surface area contributed by atoms with Crippen LogP contribution in [-0.4, -0.2) is 0 Å². The third-order valence-electron chi connectivity index (χ3n) is 4.59. The van der Waals surface area contributed by atoms with Gasteiger partial charge in [-0.3, -0.25) is 0 Å². The van der Waals surface area contributed by atoms with E-state index in [0.29, 0.717) is 0 Å². The molecule has 2 aliphatic rings. The molecule has 0 radical (unpaired) electrons. The topological polar surface area (TPSA) is 0 Å². The molecule has 0 bridgehead atoms. The molecular formula is C13H24. The summed E-state index contributed by atoms with van der Waals surface area (Å²) in [4.78, 5) is 0. The molecule has 0 spiro atoms. The van der Waals surface area contributed by atoms with Crippen molar-refractivity contribution in [1.29, 1.82) is 0 Å². The van der Waals surface area contributed by atoms with E-state index in [9.17, 15) is 0 Å². The maximum Gasteiger partial charge on any atom is -0.0326 e. The molecule has 3 unspecified atom stereocenters. The van der Waals surface area contributed by atoms with E-state index in [2.05, 4.69) is 20.8 Å². The fourth-order valence-corrected chi connectivity index (χ4v) is 3.83. The molecule has 0 aromatic heterocycles. The van der Waals surface area contributed by atoms with E-state index in [-0.39, 0.29) is 0 Å². The summed E-state index contributed by atoms with van der Waals surface area (Å²) in [5.74, 6) is 5.58. The summed E-state index contributed by atoms with van der Waals surface area (Å²) in [6.07, 6.45) is 7.42. The second-order valence-corrected chi connectivity index (χ2v) is 5.42. The van der Waals surface area contributed by atoms with Gasteiger partial charge < -0.3 is 0 Å². The van der Waals surface area contributed by atoms with Crippen molar-refractivity contribution in [2.45, 2.75) is 52.9 Å². The van der Waals surface area contributed by atoms with Gasteiger partial charge in [0.2, 0.25) is 0 Å². The van der Waals surface area contributed by atoms with Crippen LogP contribution in [0.2, 0.25) is 0 Å². The Labute approximate surface area is 83.1 Å². The standard InChI is InChI=1S/C13H24/c1-4-6-9(3)13-11-7-10(5-2)8-12(11)13/h9-13H,4-8H2,1-3H3. The largest absolute Gasteiger partial charge is 0.0654 e. The molecule has 0 amide bonds. The molecule has 0 saturated heterocycles. The van der Waals surface area contributed by atoms with E-state index in [1.54, 1.807) is 12.8 Å². The molecule has 0 heterocycles. The second-order valence-electron chi connectivity index (χ2n) is 5.42. The number of hydrogen-bond donors (Lipinski definition) is 0. The fraction of sp³-hybridized carbons (Fsp3) is 1.00. The summed E-state index contributed by atoms with van der Waals surface area (Å²) in [7, 11) is 0. The van der Waals surface area contributed by atoms with Crippen LogP contribution < -0.4 is 0 Å². The van der Waals surface area contributed by atoms with Gasteiger partial charge in [-0.1, -0.05) is 40.0 Å². The summed E-state index contributed by atoms with van der Waals surface area (Å²) in [6, 6.07) is 0. The van der Waals surface area contributed by atoms with E-state index < -0.39 is 0 Å². The zero-order chi connectivity index (χ0) is 9.42. The first-order valence-corrected chi connectivity index (χ1v) is 6.27. The lowest BCUT2D eigenvalue weighted by Gasteiger charge is -2.16. The van der Waals surface area contributed by atoms with Gasteiger partial charge >= 0.3 is 0 Å². The van der Waals surface area contributed by atoms with Crippen LogP contribution >= 0.6 is 0 Å². The molecule has 2 aliphatic carbocycles. The van der Waals surface area contributed by atoms with Gasteiger partial charge in [0, 0.05) is 0 Å². The van der Waals surface area contributed by atoms with Crippen molar-refractivity contribution < 1.29 is 0 Å². The van der Waals surface area contributed by atoms with Gasteiger partial charge in [-0.25, -0.2) is 0 Å². The monoisotopic (exact) mass is 180 g/mol. The van der Waals surface area contributed by atoms with Crippen LogP contribution in [0, 0.1) is 29.6 Å². The summed E-state index contributed by atoms with van der Waals surface area (Å²) in [5, 5.41) is 0. The van der Waals surface area contributed by atoms with E-state index in [1.165, 1.54) is 19.3 Å². The number of fused-ring (bicyclic) bond motifs is 1. The fourth-order valence-electron chi connectivity index (χ4n) is 3.83. The lowest BCUT2D eigenvalue weighted by molar-refractivity contribution is 0.347. The SMILES string of the molecule is CCCC(C)C1C2CC(CC)CC21. The molecule has 2 rings (SSSR count). The zero-order valence-electron chi connectivity index (χ0n) is 9.42. The van der Waals surface area contributed by atoms with Crippen LogP contribution in [-0.2, 0) is 0 Å². The van der Waals surface area contributed by atoms with Crippen LogP contribution in [0.15, 0.2) is 0 Å². The minimum atomic E-state index is 1.03. The number of rotatable bonds is 4. The van der Waals surface area contributed by atoms with Crippen LogP contribution in [0.3, 0.4) is 0 Å². The van der Waals surface area contributed by atoms with Crippen LogP contribution in [0.1, 0.15) is 52.9 Å². The van der Waals surface area contributed by atoms with Gasteiger partial charge in [0.1, 0.15) is 0 Å². The Morgan fingerprint density at radius 2 is 1.77 bits per heavy atom. The van der Waals surface area contributed by atoms with Crippen molar-refractivity contribution in [2.75, 3.05) is 0 Å².